The minimum Gasteiger partial charge on any atom is -0.241 e. The SMILES string of the molecule is Cn1nc(C(C)(C)C)c(Br)c1F. The van der Waals surface area contributed by atoms with Gasteiger partial charge in [0, 0.05) is 12.5 Å². The molecule has 1 aromatic rings. The molecule has 0 aromatic carbocycles. The predicted molar refractivity (Wildman–Crippen MR) is 49.6 cm³/mol. The van der Waals surface area contributed by atoms with Gasteiger partial charge in [0.15, 0.2) is 0 Å². The molecule has 0 unspecified atom stereocenters. The number of hydrogen-bond donors (Lipinski definition) is 0. The monoisotopic (exact) mass is 234 g/mol. The molecule has 0 radical (unpaired) electrons. The molecule has 0 atom stereocenters. The van der Waals surface area contributed by atoms with Gasteiger partial charge in [-0.2, -0.15) is 9.49 Å². The van der Waals surface area contributed by atoms with Gasteiger partial charge >= 0.3 is 0 Å². The quantitative estimate of drug-likeness (QED) is 0.675. The smallest absolute Gasteiger partial charge is 0.225 e. The third kappa shape index (κ3) is 1.53. The maximum atomic E-state index is 13.1. The first kappa shape index (κ1) is 9.71. The minimum absolute atomic E-state index is 0.124. The van der Waals surface area contributed by atoms with E-state index in [4.69, 9.17) is 0 Å². The molecule has 0 saturated carbocycles. The zero-order valence-electron chi connectivity index (χ0n) is 7.65. The van der Waals surface area contributed by atoms with Crippen LogP contribution in [0, 0.1) is 5.95 Å². The summed E-state index contributed by atoms with van der Waals surface area (Å²) in [6, 6.07) is 0. The van der Waals surface area contributed by atoms with Crippen LogP contribution in [0.1, 0.15) is 26.5 Å². The predicted octanol–water partition coefficient (Wildman–Crippen LogP) is 2.62. The molecular formula is C8H12BrFN2. The Morgan fingerprint density at radius 2 is 1.92 bits per heavy atom. The van der Waals surface area contributed by atoms with Crippen LogP contribution in [0.2, 0.25) is 0 Å². The molecule has 0 aliphatic heterocycles. The highest BCUT2D eigenvalue weighted by atomic mass is 79.9. The average Bonchev–Trinajstić information content (AvgIpc) is 2.15. The lowest BCUT2D eigenvalue weighted by Gasteiger charge is -2.14. The van der Waals surface area contributed by atoms with E-state index in [2.05, 4.69) is 21.0 Å². The largest absolute Gasteiger partial charge is 0.241 e. The lowest BCUT2D eigenvalue weighted by molar-refractivity contribution is 0.494. The Bertz CT molecular complexity index is 299. The van der Waals surface area contributed by atoms with Gasteiger partial charge in [0.25, 0.3) is 0 Å². The summed E-state index contributed by atoms with van der Waals surface area (Å²) in [6.07, 6.45) is 0. The summed E-state index contributed by atoms with van der Waals surface area (Å²) in [7, 11) is 1.59. The van der Waals surface area contributed by atoms with Crippen molar-refractivity contribution in [3.8, 4) is 0 Å². The molecule has 0 amide bonds. The van der Waals surface area contributed by atoms with Crippen molar-refractivity contribution in [1.82, 2.24) is 9.78 Å². The third-order valence-electron chi connectivity index (χ3n) is 1.63. The summed E-state index contributed by atoms with van der Waals surface area (Å²) < 4.78 is 14.8. The first-order valence-electron chi connectivity index (χ1n) is 3.72. The van der Waals surface area contributed by atoms with Crippen LogP contribution >= 0.6 is 15.9 Å². The van der Waals surface area contributed by atoms with Crippen molar-refractivity contribution in [2.75, 3.05) is 0 Å². The summed E-state index contributed by atoms with van der Waals surface area (Å²) in [5.41, 5.74) is 0.628. The first-order valence-corrected chi connectivity index (χ1v) is 4.52. The standard InChI is InChI=1S/C8H12BrFN2/c1-8(2,3)6-5(9)7(10)12(4)11-6/h1-4H3. The number of hydrogen-bond acceptors (Lipinski definition) is 1. The summed E-state index contributed by atoms with van der Waals surface area (Å²) in [5.74, 6) is -0.320. The molecule has 0 aliphatic carbocycles. The Morgan fingerprint density at radius 1 is 1.42 bits per heavy atom. The first-order chi connectivity index (χ1) is 5.34. The summed E-state index contributed by atoms with van der Waals surface area (Å²) in [4.78, 5) is 0. The van der Waals surface area contributed by atoms with Crippen LogP contribution in [0.4, 0.5) is 4.39 Å². The van der Waals surface area contributed by atoms with E-state index in [1.807, 2.05) is 20.8 Å². The minimum atomic E-state index is -0.320. The normalized spacial score (nSPS) is 12.2. The van der Waals surface area contributed by atoms with E-state index in [0.29, 0.717) is 4.47 Å². The third-order valence-corrected chi connectivity index (χ3v) is 2.34. The van der Waals surface area contributed by atoms with Gasteiger partial charge in [0.1, 0.15) is 0 Å². The molecule has 0 aliphatic rings. The Kier molecular flexibility index (Phi) is 2.29. The second-order valence-electron chi connectivity index (χ2n) is 3.83. The number of aromatic nitrogens is 2. The Morgan fingerprint density at radius 3 is 2.08 bits per heavy atom. The second kappa shape index (κ2) is 2.83. The zero-order valence-corrected chi connectivity index (χ0v) is 9.24. The van der Waals surface area contributed by atoms with Crippen LogP contribution in [0.25, 0.3) is 0 Å². The Hall–Kier alpha value is -0.380. The van der Waals surface area contributed by atoms with Crippen molar-refractivity contribution in [3.05, 3.63) is 16.1 Å². The molecule has 12 heavy (non-hydrogen) atoms. The van der Waals surface area contributed by atoms with Crippen LogP contribution in [0.15, 0.2) is 4.47 Å². The van der Waals surface area contributed by atoms with Crippen molar-refractivity contribution in [1.29, 1.82) is 0 Å². The zero-order chi connectivity index (χ0) is 9.52. The van der Waals surface area contributed by atoms with Crippen molar-refractivity contribution >= 4 is 15.9 Å². The fourth-order valence-electron chi connectivity index (χ4n) is 0.957. The van der Waals surface area contributed by atoms with Crippen LogP contribution in [0.3, 0.4) is 0 Å². The number of aryl methyl sites for hydroxylation is 1. The molecule has 1 heterocycles. The topological polar surface area (TPSA) is 17.8 Å². The van der Waals surface area contributed by atoms with Crippen molar-refractivity contribution in [3.63, 3.8) is 0 Å². The van der Waals surface area contributed by atoms with E-state index in [9.17, 15) is 4.39 Å². The van der Waals surface area contributed by atoms with Gasteiger partial charge in [0.2, 0.25) is 5.95 Å². The molecule has 1 rings (SSSR count). The summed E-state index contributed by atoms with van der Waals surface area (Å²) in [6.45, 7) is 6.00. The molecule has 0 bridgehead atoms. The molecular weight excluding hydrogens is 223 g/mol. The second-order valence-corrected chi connectivity index (χ2v) is 4.62. The fraction of sp³-hybridized carbons (Fsp3) is 0.625. The summed E-state index contributed by atoms with van der Waals surface area (Å²) in [5, 5.41) is 4.08. The van der Waals surface area contributed by atoms with E-state index in [0.717, 1.165) is 5.69 Å². The van der Waals surface area contributed by atoms with E-state index in [-0.39, 0.29) is 11.4 Å². The van der Waals surface area contributed by atoms with Gasteiger partial charge < -0.3 is 0 Å². The molecule has 0 spiro atoms. The van der Waals surface area contributed by atoms with Crippen LogP contribution in [-0.4, -0.2) is 9.78 Å². The molecule has 2 nitrogen and oxygen atoms in total. The molecule has 0 saturated heterocycles. The van der Waals surface area contributed by atoms with E-state index in [1.165, 1.54) is 4.68 Å². The highest BCUT2D eigenvalue weighted by Crippen LogP contribution is 2.29. The van der Waals surface area contributed by atoms with Crippen LogP contribution < -0.4 is 0 Å². The highest BCUT2D eigenvalue weighted by molar-refractivity contribution is 9.10. The fourth-order valence-corrected chi connectivity index (χ4v) is 1.89. The van der Waals surface area contributed by atoms with Crippen molar-refractivity contribution in [2.45, 2.75) is 26.2 Å². The van der Waals surface area contributed by atoms with Crippen molar-refractivity contribution in [2.24, 2.45) is 7.05 Å². The lowest BCUT2D eigenvalue weighted by Crippen LogP contribution is -2.13. The van der Waals surface area contributed by atoms with Crippen LogP contribution in [-0.2, 0) is 12.5 Å². The van der Waals surface area contributed by atoms with Gasteiger partial charge in [-0.15, -0.1) is 0 Å². The molecule has 4 heteroatoms. The maximum Gasteiger partial charge on any atom is 0.225 e. The molecule has 0 N–H and O–H groups in total. The van der Waals surface area contributed by atoms with Gasteiger partial charge in [0.05, 0.1) is 10.2 Å². The number of halogens is 2. The van der Waals surface area contributed by atoms with E-state index in [1.54, 1.807) is 7.05 Å². The van der Waals surface area contributed by atoms with Gasteiger partial charge in [-0.05, 0) is 15.9 Å². The van der Waals surface area contributed by atoms with Crippen LogP contribution in [0.5, 0.6) is 0 Å². The molecule has 68 valence electrons. The number of nitrogens with zero attached hydrogens (tertiary/aromatic N) is 2. The van der Waals surface area contributed by atoms with Gasteiger partial charge in [-0.1, -0.05) is 20.8 Å². The van der Waals surface area contributed by atoms with Crippen molar-refractivity contribution < 1.29 is 4.39 Å². The number of rotatable bonds is 0. The van der Waals surface area contributed by atoms with Gasteiger partial charge in [-0.25, -0.2) is 4.68 Å². The van der Waals surface area contributed by atoms with E-state index >= 15 is 0 Å². The average molecular weight is 235 g/mol. The Balaban J connectivity index is 3.28. The lowest BCUT2D eigenvalue weighted by atomic mass is 9.93. The maximum absolute atomic E-state index is 13.1. The molecule has 1 aromatic heterocycles. The Labute approximate surface area is 79.9 Å². The van der Waals surface area contributed by atoms with Gasteiger partial charge in [-0.3, -0.25) is 0 Å². The highest BCUT2D eigenvalue weighted by Gasteiger charge is 2.24. The van der Waals surface area contributed by atoms with E-state index < -0.39 is 0 Å². The molecule has 0 fully saturated rings. The summed E-state index contributed by atoms with van der Waals surface area (Å²) >= 11 is 3.18.